The molecular formula is C13H21N2O. The first kappa shape index (κ1) is 11.6. The zero-order chi connectivity index (χ0) is 11.4. The van der Waals surface area contributed by atoms with Gasteiger partial charge >= 0.3 is 0 Å². The van der Waals surface area contributed by atoms with Crippen LogP contribution in [0.4, 0.5) is 0 Å². The van der Waals surface area contributed by atoms with Crippen LogP contribution in [0.3, 0.4) is 0 Å². The van der Waals surface area contributed by atoms with Gasteiger partial charge in [-0.15, -0.1) is 0 Å². The van der Waals surface area contributed by atoms with E-state index in [2.05, 4.69) is 16.5 Å². The molecule has 0 fully saturated rings. The van der Waals surface area contributed by atoms with E-state index in [4.69, 9.17) is 0 Å². The van der Waals surface area contributed by atoms with Gasteiger partial charge in [0.1, 0.15) is 5.82 Å². The SMILES string of the molecule is CCCCn1c(CC[O])nc2c1CCCC2. The molecule has 2 rings (SSSR count). The molecule has 0 saturated heterocycles. The highest BCUT2D eigenvalue weighted by molar-refractivity contribution is 5.20. The second-order valence-electron chi connectivity index (χ2n) is 4.59. The van der Waals surface area contributed by atoms with Gasteiger partial charge in [0.05, 0.1) is 12.3 Å². The molecule has 0 atom stereocenters. The van der Waals surface area contributed by atoms with Crippen molar-refractivity contribution in [1.82, 2.24) is 9.55 Å². The van der Waals surface area contributed by atoms with E-state index in [0.717, 1.165) is 25.2 Å². The Labute approximate surface area is 97.5 Å². The van der Waals surface area contributed by atoms with Gasteiger partial charge in [0, 0.05) is 18.7 Å². The van der Waals surface area contributed by atoms with Crippen LogP contribution in [0.5, 0.6) is 0 Å². The Balaban J connectivity index is 2.24. The first-order valence-electron chi connectivity index (χ1n) is 6.52. The fourth-order valence-electron chi connectivity index (χ4n) is 2.52. The highest BCUT2D eigenvalue weighted by Crippen LogP contribution is 2.23. The molecule has 0 amide bonds. The molecule has 89 valence electrons. The van der Waals surface area contributed by atoms with Crippen molar-refractivity contribution < 1.29 is 5.11 Å². The molecule has 1 aromatic rings. The second kappa shape index (κ2) is 5.48. The smallest absolute Gasteiger partial charge is 0.111 e. The van der Waals surface area contributed by atoms with E-state index in [1.807, 2.05) is 0 Å². The van der Waals surface area contributed by atoms with Gasteiger partial charge in [-0.25, -0.2) is 10.1 Å². The van der Waals surface area contributed by atoms with Gasteiger partial charge in [-0.05, 0) is 32.1 Å². The van der Waals surface area contributed by atoms with Crippen LogP contribution >= 0.6 is 0 Å². The Morgan fingerprint density at radius 3 is 2.88 bits per heavy atom. The summed E-state index contributed by atoms with van der Waals surface area (Å²) in [6, 6.07) is 0. The summed E-state index contributed by atoms with van der Waals surface area (Å²) >= 11 is 0. The Kier molecular flexibility index (Phi) is 3.99. The maximum absolute atomic E-state index is 10.8. The van der Waals surface area contributed by atoms with Crippen molar-refractivity contribution in [1.29, 1.82) is 0 Å². The maximum Gasteiger partial charge on any atom is 0.111 e. The summed E-state index contributed by atoms with van der Waals surface area (Å²) in [5, 5.41) is 10.8. The van der Waals surface area contributed by atoms with E-state index in [0.29, 0.717) is 6.42 Å². The lowest BCUT2D eigenvalue weighted by atomic mass is 10.0. The molecule has 0 N–H and O–H groups in total. The lowest BCUT2D eigenvalue weighted by Gasteiger charge is -2.14. The topological polar surface area (TPSA) is 37.7 Å². The molecule has 0 aromatic carbocycles. The molecule has 0 aliphatic heterocycles. The van der Waals surface area contributed by atoms with Crippen LogP contribution in [0, 0.1) is 0 Å². The average molecular weight is 221 g/mol. The first-order valence-corrected chi connectivity index (χ1v) is 6.52. The fourth-order valence-corrected chi connectivity index (χ4v) is 2.52. The number of rotatable bonds is 5. The van der Waals surface area contributed by atoms with Crippen LogP contribution in [0.25, 0.3) is 0 Å². The lowest BCUT2D eigenvalue weighted by molar-refractivity contribution is 0.194. The summed E-state index contributed by atoms with van der Waals surface area (Å²) in [6.45, 7) is 3.22. The normalized spacial score (nSPS) is 15.1. The average Bonchev–Trinajstić information content (AvgIpc) is 2.65. The van der Waals surface area contributed by atoms with Crippen LogP contribution in [-0.4, -0.2) is 16.2 Å². The van der Waals surface area contributed by atoms with E-state index >= 15 is 0 Å². The monoisotopic (exact) mass is 221 g/mol. The number of fused-ring (bicyclic) bond motifs is 1. The minimum atomic E-state index is -0.0397. The zero-order valence-electron chi connectivity index (χ0n) is 10.2. The Hall–Kier alpha value is -0.830. The number of aromatic nitrogens is 2. The second-order valence-corrected chi connectivity index (χ2v) is 4.59. The van der Waals surface area contributed by atoms with Crippen molar-refractivity contribution in [2.24, 2.45) is 0 Å². The minimum Gasteiger partial charge on any atom is -0.332 e. The van der Waals surface area contributed by atoms with Crippen LogP contribution in [0.2, 0.25) is 0 Å². The molecular weight excluding hydrogens is 200 g/mol. The van der Waals surface area contributed by atoms with Crippen molar-refractivity contribution in [2.45, 2.75) is 58.4 Å². The third-order valence-electron chi connectivity index (χ3n) is 3.37. The lowest BCUT2D eigenvalue weighted by Crippen LogP contribution is -2.11. The van der Waals surface area contributed by atoms with E-state index < -0.39 is 0 Å². The molecule has 1 aromatic heterocycles. The molecule has 1 radical (unpaired) electrons. The number of nitrogens with zero attached hydrogens (tertiary/aromatic N) is 2. The number of hydrogen-bond donors (Lipinski definition) is 0. The number of hydrogen-bond acceptors (Lipinski definition) is 1. The summed E-state index contributed by atoms with van der Waals surface area (Å²) in [7, 11) is 0. The van der Waals surface area contributed by atoms with Gasteiger partial charge in [0.25, 0.3) is 0 Å². The third kappa shape index (κ3) is 2.29. The van der Waals surface area contributed by atoms with Crippen molar-refractivity contribution in [3.05, 3.63) is 17.2 Å². The van der Waals surface area contributed by atoms with Gasteiger partial charge in [0.15, 0.2) is 0 Å². The Morgan fingerprint density at radius 2 is 2.12 bits per heavy atom. The molecule has 1 aliphatic rings. The molecule has 1 aliphatic carbocycles. The molecule has 0 saturated carbocycles. The van der Waals surface area contributed by atoms with Crippen molar-refractivity contribution in [3.63, 3.8) is 0 Å². The molecule has 3 nitrogen and oxygen atoms in total. The maximum atomic E-state index is 10.8. The highest BCUT2D eigenvalue weighted by atomic mass is 16.3. The van der Waals surface area contributed by atoms with E-state index in [1.54, 1.807) is 0 Å². The Bertz CT molecular complexity index is 344. The summed E-state index contributed by atoms with van der Waals surface area (Å²) in [6.07, 6.45) is 7.79. The van der Waals surface area contributed by atoms with Gasteiger partial charge in [-0.2, -0.15) is 0 Å². The molecule has 3 heteroatoms. The first-order chi connectivity index (χ1) is 7.86. The quantitative estimate of drug-likeness (QED) is 0.753. The Morgan fingerprint density at radius 1 is 1.31 bits per heavy atom. The van der Waals surface area contributed by atoms with E-state index in [1.165, 1.54) is 37.1 Å². The van der Waals surface area contributed by atoms with Crippen LogP contribution in [0.15, 0.2) is 0 Å². The molecule has 1 heterocycles. The highest BCUT2D eigenvalue weighted by Gasteiger charge is 2.19. The largest absolute Gasteiger partial charge is 0.332 e. The number of imidazole rings is 1. The van der Waals surface area contributed by atoms with Crippen LogP contribution in [0.1, 0.15) is 49.8 Å². The predicted molar refractivity (Wildman–Crippen MR) is 63.0 cm³/mol. The summed E-state index contributed by atoms with van der Waals surface area (Å²) in [4.78, 5) is 4.66. The summed E-state index contributed by atoms with van der Waals surface area (Å²) in [5.41, 5.74) is 2.69. The van der Waals surface area contributed by atoms with Crippen LogP contribution < -0.4 is 0 Å². The fraction of sp³-hybridized carbons (Fsp3) is 0.769. The van der Waals surface area contributed by atoms with Gasteiger partial charge in [-0.1, -0.05) is 13.3 Å². The number of aryl methyl sites for hydroxylation is 1. The third-order valence-corrected chi connectivity index (χ3v) is 3.37. The van der Waals surface area contributed by atoms with E-state index in [9.17, 15) is 5.11 Å². The van der Waals surface area contributed by atoms with Crippen molar-refractivity contribution in [2.75, 3.05) is 6.61 Å². The van der Waals surface area contributed by atoms with Gasteiger partial charge in [-0.3, -0.25) is 0 Å². The minimum absolute atomic E-state index is 0.0397. The van der Waals surface area contributed by atoms with Crippen LogP contribution in [-0.2, 0) is 30.9 Å². The summed E-state index contributed by atoms with van der Waals surface area (Å²) in [5.74, 6) is 1.04. The predicted octanol–water partition coefficient (Wildman–Crippen LogP) is 2.54. The van der Waals surface area contributed by atoms with Gasteiger partial charge < -0.3 is 4.57 Å². The standard InChI is InChI=1S/C13H21N2O/c1-2-3-9-15-12-7-5-4-6-11(12)14-13(15)8-10-16/h2-10H2,1H3. The van der Waals surface area contributed by atoms with Gasteiger partial charge in [0.2, 0.25) is 0 Å². The molecule has 16 heavy (non-hydrogen) atoms. The molecule has 0 bridgehead atoms. The number of unbranched alkanes of at least 4 members (excludes halogenated alkanes) is 1. The molecule has 0 spiro atoms. The molecule has 0 unspecified atom stereocenters. The van der Waals surface area contributed by atoms with E-state index in [-0.39, 0.29) is 6.61 Å². The zero-order valence-corrected chi connectivity index (χ0v) is 10.2. The van der Waals surface area contributed by atoms with Crippen molar-refractivity contribution in [3.8, 4) is 0 Å². The summed E-state index contributed by atoms with van der Waals surface area (Å²) < 4.78 is 2.33. The van der Waals surface area contributed by atoms with Crippen molar-refractivity contribution >= 4 is 0 Å².